The lowest BCUT2D eigenvalue weighted by Crippen LogP contribution is -2.35. The van der Waals surface area contributed by atoms with Crippen molar-refractivity contribution in [3.05, 3.63) is 23.2 Å². The van der Waals surface area contributed by atoms with Crippen molar-refractivity contribution in [1.82, 2.24) is 4.90 Å². The quantitative estimate of drug-likeness (QED) is 0.837. The maximum Gasteiger partial charge on any atom is 0.225 e. The number of carbonyl (C=O) groups is 1. The van der Waals surface area contributed by atoms with E-state index in [-0.39, 0.29) is 5.91 Å². The second-order valence-corrected chi connectivity index (χ2v) is 6.20. The lowest BCUT2D eigenvalue weighted by molar-refractivity contribution is -0.116. The Bertz CT molecular complexity index is 492. The third-order valence-corrected chi connectivity index (χ3v) is 4.34. The van der Waals surface area contributed by atoms with Gasteiger partial charge < -0.3 is 16.0 Å². The number of rotatable bonds is 4. The first-order valence-corrected chi connectivity index (χ1v) is 8.03. The van der Waals surface area contributed by atoms with Crippen LogP contribution in [0.3, 0.4) is 0 Å². The molecule has 1 fully saturated rings. The van der Waals surface area contributed by atoms with Gasteiger partial charge in [-0.25, -0.2) is 0 Å². The van der Waals surface area contributed by atoms with Crippen LogP contribution in [0.25, 0.3) is 0 Å². The van der Waals surface area contributed by atoms with Crippen molar-refractivity contribution in [3.63, 3.8) is 0 Å². The molecule has 1 heterocycles. The van der Waals surface area contributed by atoms with Crippen LogP contribution in [0.2, 0.25) is 5.02 Å². The number of benzene rings is 1. The molecule has 1 aromatic rings. The Morgan fingerprint density at radius 1 is 1.43 bits per heavy atom. The van der Waals surface area contributed by atoms with E-state index in [1.165, 1.54) is 25.7 Å². The zero-order valence-electron chi connectivity index (χ0n) is 12.6. The Labute approximate surface area is 131 Å². The van der Waals surface area contributed by atoms with Gasteiger partial charge in [0.05, 0.1) is 11.4 Å². The fraction of sp³-hybridized carbons (Fsp3) is 0.562. The molecule has 0 radical (unpaired) electrons. The molecule has 1 saturated heterocycles. The molecule has 1 aliphatic rings. The van der Waals surface area contributed by atoms with Crippen LogP contribution in [0.5, 0.6) is 0 Å². The van der Waals surface area contributed by atoms with Crippen LogP contribution < -0.4 is 11.1 Å². The fourth-order valence-electron chi connectivity index (χ4n) is 2.77. The number of nitrogen functional groups attached to an aromatic ring is 1. The Balaban J connectivity index is 1.84. The minimum Gasteiger partial charge on any atom is -0.397 e. The molecule has 2 rings (SSSR count). The van der Waals surface area contributed by atoms with Crippen LogP contribution in [0.4, 0.5) is 11.4 Å². The van der Waals surface area contributed by atoms with Crippen LogP contribution in [0, 0.1) is 0 Å². The number of likely N-dealkylation sites (tertiary alicyclic amines) is 1. The van der Waals surface area contributed by atoms with E-state index in [1.54, 1.807) is 18.2 Å². The normalized spacial score (nSPS) is 20.0. The summed E-state index contributed by atoms with van der Waals surface area (Å²) in [6, 6.07) is 5.68. The lowest BCUT2D eigenvalue weighted by Gasteiger charge is -2.26. The molecule has 0 spiro atoms. The predicted molar refractivity (Wildman–Crippen MR) is 88.6 cm³/mol. The van der Waals surface area contributed by atoms with E-state index in [4.69, 9.17) is 17.3 Å². The topological polar surface area (TPSA) is 58.4 Å². The van der Waals surface area contributed by atoms with E-state index >= 15 is 0 Å². The van der Waals surface area contributed by atoms with Gasteiger partial charge in [-0.1, -0.05) is 24.4 Å². The highest BCUT2D eigenvalue weighted by atomic mass is 35.5. The first-order valence-electron chi connectivity index (χ1n) is 7.65. The molecule has 1 unspecified atom stereocenters. The van der Waals surface area contributed by atoms with Gasteiger partial charge in [0.15, 0.2) is 0 Å². The average molecular weight is 310 g/mol. The van der Waals surface area contributed by atoms with Crippen molar-refractivity contribution in [2.45, 2.75) is 45.1 Å². The minimum atomic E-state index is 0.000435. The highest BCUT2D eigenvalue weighted by Gasteiger charge is 2.17. The molecule has 1 amide bonds. The first kappa shape index (κ1) is 16.1. The van der Waals surface area contributed by atoms with Crippen molar-refractivity contribution in [2.75, 3.05) is 24.1 Å². The Morgan fingerprint density at radius 2 is 2.24 bits per heavy atom. The van der Waals surface area contributed by atoms with Gasteiger partial charge in [-0.3, -0.25) is 4.79 Å². The van der Waals surface area contributed by atoms with Gasteiger partial charge in [0.2, 0.25) is 5.91 Å². The lowest BCUT2D eigenvalue weighted by atomic mass is 10.1. The molecule has 3 N–H and O–H groups in total. The Morgan fingerprint density at radius 3 is 3.00 bits per heavy atom. The standard InChI is InChI=1S/C16H24ClN3O/c1-12-5-3-2-4-9-20(12)10-8-16(21)19-15-7-6-13(17)11-14(15)18/h6-7,11-12H,2-5,8-10,18H2,1H3,(H,19,21). The number of carbonyl (C=O) groups excluding carboxylic acids is 1. The highest BCUT2D eigenvalue weighted by molar-refractivity contribution is 6.31. The zero-order valence-corrected chi connectivity index (χ0v) is 13.3. The molecule has 21 heavy (non-hydrogen) atoms. The highest BCUT2D eigenvalue weighted by Crippen LogP contribution is 2.23. The fourth-order valence-corrected chi connectivity index (χ4v) is 2.95. The van der Waals surface area contributed by atoms with Gasteiger partial charge >= 0.3 is 0 Å². The number of anilines is 2. The number of nitrogens with one attached hydrogen (secondary N) is 1. The number of halogens is 1. The van der Waals surface area contributed by atoms with Crippen LogP contribution in [-0.4, -0.2) is 29.9 Å². The molecule has 5 heteroatoms. The van der Waals surface area contributed by atoms with Gasteiger partial charge in [0, 0.05) is 24.0 Å². The van der Waals surface area contributed by atoms with Crippen LogP contribution in [-0.2, 0) is 4.79 Å². The van der Waals surface area contributed by atoms with Crippen molar-refractivity contribution in [3.8, 4) is 0 Å². The number of nitrogens with zero attached hydrogens (tertiary/aromatic N) is 1. The number of hydrogen-bond donors (Lipinski definition) is 2. The van der Waals surface area contributed by atoms with Gasteiger partial charge in [-0.05, 0) is 44.5 Å². The molecule has 0 bridgehead atoms. The van der Waals surface area contributed by atoms with Gasteiger partial charge in [-0.2, -0.15) is 0 Å². The monoisotopic (exact) mass is 309 g/mol. The molecule has 0 saturated carbocycles. The van der Waals surface area contributed by atoms with Crippen molar-refractivity contribution in [2.24, 2.45) is 0 Å². The van der Waals surface area contributed by atoms with Gasteiger partial charge in [0.1, 0.15) is 0 Å². The van der Waals surface area contributed by atoms with E-state index in [0.717, 1.165) is 13.1 Å². The molecule has 1 aromatic carbocycles. The Hall–Kier alpha value is -1.26. The summed E-state index contributed by atoms with van der Waals surface area (Å²) in [5.41, 5.74) is 6.97. The Kier molecular flexibility index (Phi) is 5.88. The summed E-state index contributed by atoms with van der Waals surface area (Å²) < 4.78 is 0. The number of amides is 1. The van der Waals surface area contributed by atoms with Crippen molar-refractivity contribution in [1.29, 1.82) is 0 Å². The second kappa shape index (κ2) is 7.66. The summed E-state index contributed by atoms with van der Waals surface area (Å²) in [6.07, 6.45) is 5.55. The predicted octanol–water partition coefficient (Wildman–Crippen LogP) is 3.52. The number of hydrogen-bond acceptors (Lipinski definition) is 3. The third kappa shape index (κ3) is 4.90. The van der Waals surface area contributed by atoms with Crippen LogP contribution in [0.1, 0.15) is 39.0 Å². The summed E-state index contributed by atoms with van der Waals surface area (Å²) in [6.45, 7) is 4.15. The van der Waals surface area contributed by atoms with E-state index in [2.05, 4.69) is 17.1 Å². The van der Waals surface area contributed by atoms with Crippen LogP contribution in [0.15, 0.2) is 18.2 Å². The first-order chi connectivity index (χ1) is 10.1. The maximum atomic E-state index is 12.1. The molecular formula is C16H24ClN3O. The van der Waals surface area contributed by atoms with E-state index < -0.39 is 0 Å². The summed E-state index contributed by atoms with van der Waals surface area (Å²) in [5.74, 6) is 0.000435. The third-order valence-electron chi connectivity index (χ3n) is 4.10. The van der Waals surface area contributed by atoms with Gasteiger partial charge in [-0.15, -0.1) is 0 Å². The smallest absolute Gasteiger partial charge is 0.225 e. The van der Waals surface area contributed by atoms with E-state index in [9.17, 15) is 4.79 Å². The zero-order chi connectivity index (χ0) is 15.2. The maximum absolute atomic E-state index is 12.1. The summed E-state index contributed by atoms with van der Waals surface area (Å²) in [4.78, 5) is 14.5. The molecule has 1 aliphatic heterocycles. The molecule has 0 aliphatic carbocycles. The summed E-state index contributed by atoms with van der Waals surface area (Å²) in [5, 5.41) is 3.43. The van der Waals surface area contributed by atoms with Crippen LogP contribution >= 0.6 is 11.6 Å². The SMILES string of the molecule is CC1CCCCCN1CCC(=O)Nc1ccc(Cl)cc1N. The van der Waals surface area contributed by atoms with E-state index in [1.807, 2.05) is 0 Å². The number of nitrogens with two attached hydrogens (primary N) is 1. The van der Waals surface area contributed by atoms with Crippen molar-refractivity contribution >= 4 is 28.9 Å². The van der Waals surface area contributed by atoms with Crippen molar-refractivity contribution < 1.29 is 4.79 Å². The van der Waals surface area contributed by atoms with Gasteiger partial charge in [0.25, 0.3) is 0 Å². The molecule has 116 valence electrons. The molecule has 1 atom stereocenters. The summed E-state index contributed by atoms with van der Waals surface area (Å²) >= 11 is 5.85. The largest absolute Gasteiger partial charge is 0.397 e. The molecular weight excluding hydrogens is 286 g/mol. The summed E-state index contributed by atoms with van der Waals surface area (Å²) in [7, 11) is 0. The van der Waals surface area contributed by atoms with E-state index in [0.29, 0.717) is 28.9 Å². The minimum absolute atomic E-state index is 0.000435. The molecule has 0 aromatic heterocycles. The average Bonchev–Trinajstić information content (AvgIpc) is 2.64. The second-order valence-electron chi connectivity index (χ2n) is 5.76. The molecule has 4 nitrogen and oxygen atoms in total.